The van der Waals surface area contributed by atoms with E-state index in [4.69, 9.17) is 10.00 Å². The molecule has 1 atom stereocenters. The van der Waals surface area contributed by atoms with E-state index in [0.717, 1.165) is 0 Å². The fraction of sp³-hybridized carbons (Fsp3) is 0.231. The van der Waals surface area contributed by atoms with Crippen molar-refractivity contribution >= 4 is 22.6 Å². The molecule has 2 aromatic rings. The number of carbonyl (C=O) groups excluding carboxylic acids is 1. The number of nitro groups is 1. The van der Waals surface area contributed by atoms with Crippen molar-refractivity contribution in [3.05, 3.63) is 40.3 Å². The molecule has 0 aliphatic rings. The number of hydrogen-bond donors (Lipinski definition) is 0. The Labute approximate surface area is 119 Å². The minimum atomic E-state index is -1.25. The molecule has 8 nitrogen and oxygen atoms in total. The van der Waals surface area contributed by atoms with E-state index in [1.807, 2.05) is 6.07 Å². The van der Waals surface area contributed by atoms with Crippen molar-refractivity contribution in [2.24, 2.45) is 0 Å². The monoisotopic (exact) mass is 286 g/mol. The first-order valence-electron chi connectivity index (χ1n) is 6.03. The summed E-state index contributed by atoms with van der Waals surface area (Å²) >= 11 is 0. The Morgan fingerprint density at radius 2 is 2.29 bits per heavy atom. The standard InChI is InChI=1S/C13H10N4O4/c1-2-21-13(18)10(6-14)12-9-5-8(17(19)20)3-4-11(9)15-7-16-12/h3-5,7,10H,2H2,1H3. The van der Waals surface area contributed by atoms with E-state index in [9.17, 15) is 14.9 Å². The van der Waals surface area contributed by atoms with Crippen molar-refractivity contribution in [3.63, 3.8) is 0 Å². The number of aromatic nitrogens is 2. The Bertz CT molecular complexity index is 753. The fourth-order valence-corrected chi connectivity index (χ4v) is 1.86. The van der Waals surface area contributed by atoms with Gasteiger partial charge < -0.3 is 4.74 Å². The molecule has 1 unspecified atom stereocenters. The highest BCUT2D eigenvalue weighted by Crippen LogP contribution is 2.26. The number of rotatable bonds is 4. The molecular weight excluding hydrogens is 276 g/mol. The topological polar surface area (TPSA) is 119 Å². The number of benzene rings is 1. The molecule has 1 heterocycles. The smallest absolute Gasteiger partial charge is 0.329 e. The number of carbonyl (C=O) groups is 1. The Morgan fingerprint density at radius 1 is 1.52 bits per heavy atom. The van der Waals surface area contributed by atoms with Gasteiger partial charge in [0.1, 0.15) is 6.33 Å². The van der Waals surface area contributed by atoms with E-state index < -0.39 is 16.8 Å². The molecule has 0 aliphatic heterocycles. The lowest BCUT2D eigenvalue weighted by Gasteiger charge is -2.09. The molecule has 0 bridgehead atoms. The summed E-state index contributed by atoms with van der Waals surface area (Å²) in [5.74, 6) is -2.00. The maximum absolute atomic E-state index is 11.8. The summed E-state index contributed by atoms with van der Waals surface area (Å²) in [6.45, 7) is 1.75. The van der Waals surface area contributed by atoms with Crippen LogP contribution in [0.3, 0.4) is 0 Å². The number of hydrogen-bond acceptors (Lipinski definition) is 7. The van der Waals surface area contributed by atoms with E-state index in [1.165, 1.54) is 24.5 Å². The van der Waals surface area contributed by atoms with Crippen molar-refractivity contribution in [2.75, 3.05) is 6.61 Å². The average molecular weight is 286 g/mol. The third-order valence-electron chi connectivity index (χ3n) is 2.79. The first kappa shape index (κ1) is 14.3. The molecule has 1 aromatic carbocycles. The maximum Gasteiger partial charge on any atom is 0.329 e. The Kier molecular flexibility index (Phi) is 4.04. The first-order chi connectivity index (χ1) is 10.1. The van der Waals surface area contributed by atoms with Crippen molar-refractivity contribution in [1.29, 1.82) is 5.26 Å². The van der Waals surface area contributed by atoms with Crippen molar-refractivity contribution in [3.8, 4) is 6.07 Å². The zero-order valence-electron chi connectivity index (χ0n) is 11.0. The maximum atomic E-state index is 11.8. The third-order valence-corrected chi connectivity index (χ3v) is 2.79. The number of non-ortho nitro benzene ring substituents is 1. The lowest BCUT2D eigenvalue weighted by Crippen LogP contribution is -2.16. The van der Waals surface area contributed by atoms with Gasteiger partial charge in [0.2, 0.25) is 0 Å². The van der Waals surface area contributed by atoms with Crippen LogP contribution in [0.5, 0.6) is 0 Å². The Morgan fingerprint density at radius 3 is 2.90 bits per heavy atom. The fourth-order valence-electron chi connectivity index (χ4n) is 1.86. The first-order valence-corrected chi connectivity index (χ1v) is 6.03. The van der Waals surface area contributed by atoms with Crippen molar-refractivity contribution in [2.45, 2.75) is 12.8 Å². The van der Waals surface area contributed by atoms with E-state index >= 15 is 0 Å². The van der Waals surface area contributed by atoms with E-state index in [1.54, 1.807) is 6.92 Å². The molecular formula is C13H10N4O4. The van der Waals surface area contributed by atoms with Gasteiger partial charge >= 0.3 is 5.97 Å². The van der Waals surface area contributed by atoms with Crippen LogP contribution in [0.1, 0.15) is 18.5 Å². The van der Waals surface area contributed by atoms with Crippen LogP contribution in [0, 0.1) is 21.4 Å². The molecule has 0 radical (unpaired) electrons. The number of nitriles is 1. The van der Waals surface area contributed by atoms with Crippen LogP contribution >= 0.6 is 0 Å². The van der Waals surface area contributed by atoms with Gasteiger partial charge in [0.15, 0.2) is 5.92 Å². The molecule has 0 saturated carbocycles. The molecule has 0 N–H and O–H groups in total. The van der Waals surface area contributed by atoms with E-state index in [2.05, 4.69) is 9.97 Å². The SMILES string of the molecule is CCOC(=O)C(C#N)c1ncnc2ccc([N+](=O)[O-])cc12. The van der Waals surface area contributed by atoms with Gasteiger partial charge in [0, 0.05) is 17.5 Å². The summed E-state index contributed by atoms with van der Waals surface area (Å²) in [4.78, 5) is 30.0. The molecule has 21 heavy (non-hydrogen) atoms. The highest BCUT2D eigenvalue weighted by Gasteiger charge is 2.26. The minimum Gasteiger partial charge on any atom is -0.465 e. The molecule has 2 rings (SSSR count). The summed E-state index contributed by atoms with van der Waals surface area (Å²) in [5.41, 5.74) is 0.346. The summed E-state index contributed by atoms with van der Waals surface area (Å²) in [6, 6.07) is 5.79. The Balaban J connectivity index is 2.62. The summed E-state index contributed by atoms with van der Waals surface area (Å²) < 4.78 is 4.82. The third kappa shape index (κ3) is 2.76. The van der Waals surface area contributed by atoms with E-state index in [-0.39, 0.29) is 23.4 Å². The van der Waals surface area contributed by atoms with Crippen molar-refractivity contribution in [1.82, 2.24) is 9.97 Å². The molecule has 1 aromatic heterocycles. The second-order valence-corrected chi connectivity index (χ2v) is 4.03. The zero-order valence-corrected chi connectivity index (χ0v) is 11.0. The number of ether oxygens (including phenoxy) is 1. The normalized spacial score (nSPS) is 11.6. The summed E-state index contributed by atoms with van der Waals surface area (Å²) in [6.07, 6.45) is 1.20. The van der Waals surface area contributed by atoms with Gasteiger partial charge in [-0.1, -0.05) is 0 Å². The number of nitro benzene ring substituents is 1. The van der Waals surface area contributed by atoms with Gasteiger partial charge in [-0.05, 0) is 13.0 Å². The predicted octanol–water partition coefficient (Wildman–Crippen LogP) is 1.71. The molecule has 0 fully saturated rings. The largest absolute Gasteiger partial charge is 0.465 e. The van der Waals surface area contributed by atoms with Crippen molar-refractivity contribution < 1.29 is 14.5 Å². The quantitative estimate of drug-likeness (QED) is 0.476. The highest BCUT2D eigenvalue weighted by atomic mass is 16.6. The van der Waals surface area contributed by atoms with Crippen LogP contribution in [-0.4, -0.2) is 27.5 Å². The average Bonchev–Trinajstić information content (AvgIpc) is 2.48. The molecule has 0 saturated heterocycles. The van der Waals surface area contributed by atoms with Gasteiger partial charge in [0.05, 0.1) is 28.8 Å². The van der Waals surface area contributed by atoms with Crippen LogP contribution in [0.4, 0.5) is 5.69 Å². The number of nitrogens with zero attached hydrogens (tertiary/aromatic N) is 4. The lowest BCUT2D eigenvalue weighted by molar-refractivity contribution is -0.384. The highest BCUT2D eigenvalue weighted by molar-refractivity contribution is 5.90. The van der Waals surface area contributed by atoms with Gasteiger partial charge in [-0.3, -0.25) is 14.9 Å². The molecule has 0 aliphatic carbocycles. The molecule has 0 amide bonds. The van der Waals surface area contributed by atoms with Crippen LogP contribution in [0.15, 0.2) is 24.5 Å². The van der Waals surface area contributed by atoms with Crippen LogP contribution in [0.2, 0.25) is 0 Å². The minimum absolute atomic E-state index is 0.102. The molecule has 0 spiro atoms. The van der Waals surface area contributed by atoms with Crippen LogP contribution in [0.25, 0.3) is 10.9 Å². The number of esters is 1. The predicted molar refractivity (Wildman–Crippen MR) is 71.2 cm³/mol. The van der Waals surface area contributed by atoms with Gasteiger partial charge in [-0.25, -0.2) is 9.97 Å². The van der Waals surface area contributed by atoms with Gasteiger partial charge in [-0.2, -0.15) is 5.26 Å². The summed E-state index contributed by atoms with van der Waals surface area (Å²) in [7, 11) is 0. The number of fused-ring (bicyclic) bond motifs is 1. The lowest BCUT2D eigenvalue weighted by atomic mass is 10.0. The molecule has 106 valence electrons. The van der Waals surface area contributed by atoms with Crippen LogP contribution < -0.4 is 0 Å². The van der Waals surface area contributed by atoms with Gasteiger partial charge in [0.25, 0.3) is 5.69 Å². The zero-order chi connectivity index (χ0) is 15.4. The van der Waals surface area contributed by atoms with Crippen LogP contribution in [-0.2, 0) is 9.53 Å². The molecule has 8 heteroatoms. The van der Waals surface area contributed by atoms with Gasteiger partial charge in [-0.15, -0.1) is 0 Å². The second kappa shape index (κ2) is 5.92. The van der Waals surface area contributed by atoms with E-state index in [0.29, 0.717) is 5.52 Å². The summed E-state index contributed by atoms with van der Waals surface area (Å²) in [5, 5.41) is 20.3. The Hall–Kier alpha value is -3.08. The second-order valence-electron chi connectivity index (χ2n) is 4.03.